The highest BCUT2D eigenvalue weighted by Crippen LogP contribution is 2.33. The molecule has 0 aliphatic carbocycles. The Hall–Kier alpha value is -1.27. The Kier molecular flexibility index (Phi) is 6.15. The number of hydrogen-bond donors (Lipinski definition) is 2. The molecule has 7 heteroatoms. The van der Waals surface area contributed by atoms with Crippen molar-refractivity contribution in [2.75, 3.05) is 0 Å². The topological polar surface area (TPSA) is 41.1 Å². The maximum Gasteiger partial charge on any atom is 0.416 e. The molecule has 2 heterocycles. The zero-order valence-electron chi connectivity index (χ0n) is 13.2. The Morgan fingerprint density at radius 1 is 1.17 bits per heavy atom. The van der Waals surface area contributed by atoms with E-state index in [0.29, 0.717) is 24.4 Å². The lowest BCUT2D eigenvalue weighted by atomic mass is 9.89. The highest BCUT2D eigenvalue weighted by Gasteiger charge is 2.35. The number of halogens is 4. The Balaban J connectivity index is 0.00000208. The molecule has 2 aliphatic rings. The average Bonchev–Trinajstić information content (AvgIpc) is 2.83. The van der Waals surface area contributed by atoms with Crippen LogP contribution in [0.4, 0.5) is 13.2 Å². The summed E-state index contributed by atoms with van der Waals surface area (Å²) in [7, 11) is 0. The van der Waals surface area contributed by atoms with E-state index in [4.69, 9.17) is 0 Å². The molecule has 0 spiro atoms. The molecule has 0 aromatic heterocycles. The van der Waals surface area contributed by atoms with Gasteiger partial charge in [0.15, 0.2) is 0 Å². The SMILES string of the molecule is Cl.O=C(CC1CC2CCC(C1)N2)NCc1ccccc1C(F)(F)F. The number of alkyl halides is 3. The number of amides is 1. The van der Waals surface area contributed by atoms with E-state index in [1.54, 1.807) is 6.07 Å². The van der Waals surface area contributed by atoms with Crippen molar-refractivity contribution in [2.24, 2.45) is 5.92 Å². The van der Waals surface area contributed by atoms with Crippen LogP contribution in [0.5, 0.6) is 0 Å². The highest BCUT2D eigenvalue weighted by atomic mass is 35.5. The van der Waals surface area contributed by atoms with Crippen molar-refractivity contribution < 1.29 is 18.0 Å². The molecule has 0 radical (unpaired) electrons. The molecule has 134 valence electrons. The standard InChI is InChI=1S/C17H21F3N2O.ClH/c18-17(19,20)15-4-2-1-3-12(15)10-21-16(23)9-11-7-13-5-6-14(8-11)22-13;/h1-4,11,13-14,22H,5-10H2,(H,21,23);1H. The van der Waals surface area contributed by atoms with Crippen LogP contribution in [0.15, 0.2) is 24.3 Å². The molecular weight excluding hydrogens is 341 g/mol. The lowest BCUT2D eigenvalue weighted by Gasteiger charge is -2.28. The van der Waals surface area contributed by atoms with Gasteiger partial charge in [-0.1, -0.05) is 18.2 Å². The minimum Gasteiger partial charge on any atom is -0.352 e. The number of carbonyl (C=O) groups excluding carboxylic acids is 1. The van der Waals surface area contributed by atoms with E-state index in [2.05, 4.69) is 10.6 Å². The molecule has 2 saturated heterocycles. The van der Waals surface area contributed by atoms with E-state index in [9.17, 15) is 18.0 Å². The quantitative estimate of drug-likeness (QED) is 0.858. The van der Waals surface area contributed by atoms with Gasteiger partial charge in [0.25, 0.3) is 0 Å². The van der Waals surface area contributed by atoms with Crippen LogP contribution in [0, 0.1) is 5.92 Å². The minimum atomic E-state index is -4.39. The van der Waals surface area contributed by atoms with Crippen LogP contribution in [0.25, 0.3) is 0 Å². The first-order valence-electron chi connectivity index (χ1n) is 8.09. The van der Waals surface area contributed by atoms with Gasteiger partial charge in [-0.2, -0.15) is 13.2 Å². The van der Waals surface area contributed by atoms with Gasteiger partial charge in [-0.3, -0.25) is 4.79 Å². The molecule has 24 heavy (non-hydrogen) atoms. The van der Waals surface area contributed by atoms with Crippen molar-refractivity contribution in [3.63, 3.8) is 0 Å². The third kappa shape index (κ3) is 4.63. The van der Waals surface area contributed by atoms with Crippen molar-refractivity contribution in [3.8, 4) is 0 Å². The Morgan fingerprint density at radius 3 is 2.42 bits per heavy atom. The summed E-state index contributed by atoms with van der Waals surface area (Å²) < 4.78 is 38.8. The van der Waals surface area contributed by atoms with E-state index in [0.717, 1.165) is 18.9 Å². The van der Waals surface area contributed by atoms with Gasteiger partial charge in [0.2, 0.25) is 5.91 Å². The number of carbonyl (C=O) groups is 1. The summed E-state index contributed by atoms with van der Waals surface area (Å²) in [5, 5.41) is 6.17. The first-order chi connectivity index (χ1) is 10.9. The molecule has 1 amide bonds. The fourth-order valence-corrected chi connectivity index (χ4v) is 3.82. The summed E-state index contributed by atoms with van der Waals surface area (Å²) in [6.45, 7) is -0.0770. The van der Waals surface area contributed by atoms with E-state index >= 15 is 0 Å². The fraction of sp³-hybridized carbons (Fsp3) is 0.588. The number of rotatable bonds is 4. The molecule has 2 unspecified atom stereocenters. The van der Waals surface area contributed by atoms with Gasteiger partial charge < -0.3 is 10.6 Å². The molecule has 1 aromatic carbocycles. The summed E-state index contributed by atoms with van der Waals surface area (Å²) in [5.41, 5.74) is -0.570. The minimum absolute atomic E-state index is 0. The number of fused-ring (bicyclic) bond motifs is 2. The molecule has 2 atom stereocenters. The van der Waals surface area contributed by atoms with Crippen LogP contribution >= 0.6 is 12.4 Å². The fourth-order valence-electron chi connectivity index (χ4n) is 3.82. The van der Waals surface area contributed by atoms with Crippen LogP contribution in [0.1, 0.15) is 43.2 Å². The van der Waals surface area contributed by atoms with Gasteiger partial charge in [0, 0.05) is 25.0 Å². The van der Waals surface area contributed by atoms with Crippen molar-refractivity contribution in [1.29, 1.82) is 0 Å². The molecule has 2 aliphatic heterocycles. The second-order valence-electron chi connectivity index (χ2n) is 6.61. The van der Waals surface area contributed by atoms with Crippen LogP contribution < -0.4 is 10.6 Å². The van der Waals surface area contributed by atoms with Gasteiger partial charge >= 0.3 is 6.18 Å². The lowest BCUT2D eigenvalue weighted by molar-refractivity contribution is -0.138. The maximum atomic E-state index is 12.9. The third-order valence-corrected chi connectivity index (χ3v) is 4.84. The molecule has 2 N–H and O–H groups in total. The van der Waals surface area contributed by atoms with Gasteiger partial charge in [0.05, 0.1) is 5.56 Å². The molecule has 3 rings (SSSR count). The van der Waals surface area contributed by atoms with Gasteiger partial charge in [-0.05, 0) is 43.2 Å². The largest absolute Gasteiger partial charge is 0.416 e. The van der Waals surface area contributed by atoms with E-state index < -0.39 is 11.7 Å². The van der Waals surface area contributed by atoms with Gasteiger partial charge in [0.1, 0.15) is 0 Å². The normalized spacial score (nSPS) is 25.9. The predicted octanol–water partition coefficient (Wildman–Crippen LogP) is 3.66. The van der Waals surface area contributed by atoms with Crippen molar-refractivity contribution in [2.45, 2.75) is 56.9 Å². The number of benzene rings is 1. The zero-order chi connectivity index (χ0) is 16.4. The maximum absolute atomic E-state index is 12.9. The summed E-state index contributed by atoms with van der Waals surface area (Å²) >= 11 is 0. The van der Waals surface area contributed by atoms with Crippen molar-refractivity contribution >= 4 is 18.3 Å². The lowest BCUT2D eigenvalue weighted by Crippen LogP contribution is -2.39. The zero-order valence-corrected chi connectivity index (χ0v) is 14.1. The summed E-state index contributed by atoms with van der Waals surface area (Å²) in [4.78, 5) is 12.1. The monoisotopic (exact) mass is 362 g/mol. The smallest absolute Gasteiger partial charge is 0.352 e. The van der Waals surface area contributed by atoms with Crippen LogP contribution in [-0.2, 0) is 17.5 Å². The Labute approximate surface area is 145 Å². The summed E-state index contributed by atoms with van der Waals surface area (Å²) in [5.74, 6) is 0.180. The van der Waals surface area contributed by atoms with E-state index in [1.165, 1.54) is 25.0 Å². The first kappa shape index (κ1) is 19.1. The molecule has 3 nitrogen and oxygen atoms in total. The molecule has 2 fully saturated rings. The van der Waals surface area contributed by atoms with Crippen LogP contribution in [-0.4, -0.2) is 18.0 Å². The highest BCUT2D eigenvalue weighted by molar-refractivity contribution is 5.85. The second kappa shape index (κ2) is 7.74. The van der Waals surface area contributed by atoms with Crippen LogP contribution in [0.3, 0.4) is 0 Å². The molecular formula is C17H22ClF3N2O. The second-order valence-corrected chi connectivity index (χ2v) is 6.61. The van der Waals surface area contributed by atoms with Gasteiger partial charge in [-0.25, -0.2) is 0 Å². The third-order valence-electron chi connectivity index (χ3n) is 4.84. The molecule has 1 aromatic rings. The van der Waals surface area contributed by atoms with Gasteiger partial charge in [-0.15, -0.1) is 12.4 Å². The van der Waals surface area contributed by atoms with E-state index in [-0.39, 0.29) is 30.4 Å². The number of hydrogen-bond acceptors (Lipinski definition) is 2. The average molecular weight is 363 g/mol. The van der Waals surface area contributed by atoms with Crippen molar-refractivity contribution in [1.82, 2.24) is 10.6 Å². The summed E-state index contributed by atoms with van der Waals surface area (Å²) in [6, 6.07) is 6.40. The Morgan fingerprint density at radius 2 is 1.79 bits per heavy atom. The Bertz CT molecular complexity index is 567. The van der Waals surface area contributed by atoms with E-state index in [1.807, 2.05) is 0 Å². The molecule has 0 saturated carbocycles. The molecule has 2 bridgehead atoms. The summed E-state index contributed by atoms with van der Waals surface area (Å²) in [6.07, 6.45) is 0.327. The predicted molar refractivity (Wildman–Crippen MR) is 87.8 cm³/mol. The number of nitrogens with one attached hydrogen (secondary N) is 2. The first-order valence-corrected chi connectivity index (χ1v) is 8.09. The van der Waals surface area contributed by atoms with Crippen molar-refractivity contribution in [3.05, 3.63) is 35.4 Å². The number of piperidine rings is 1. The van der Waals surface area contributed by atoms with Crippen LogP contribution in [0.2, 0.25) is 0 Å².